The summed E-state index contributed by atoms with van der Waals surface area (Å²) in [6, 6.07) is 0. The van der Waals surface area contributed by atoms with Gasteiger partial charge < -0.3 is 19.7 Å². The lowest BCUT2D eigenvalue weighted by atomic mass is 9.43. The maximum atomic E-state index is 11.5. The van der Waals surface area contributed by atoms with E-state index >= 15 is 0 Å². The average molecular weight is 435 g/mol. The number of epoxide rings is 1. The molecule has 2 N–H and O–H groups in total. The minimum atomic E-state index is -0.710. The number of aliphatic hydroxyl groups excluding tert-OH is 1. The molecule has 1 aliphatic heterocycles. The Morgan fingerprint density at radius 1 is 1.19 bits per heavy atom. The van der Waals surface area contributed by atoms with Crippen molar-refractivity contribution in [2.75, 3.05) is 0 Å². The molecule has 0 aromatic carbocycles. The molecule has 1 spiro atoms. The fourth-order valence-corrected chi connectivity index (χ4v) is 9.38. The van der Waals surface area contributed by atoms with Crippen LogP contribution in [0.3, 0.4) is 0 Å². The lowest BCUT2D eigenvalue weighted by molar-refractivity contribution is -0.184. The van der Waals surface area contributed by atoms with E-state index in [4.69, 9.17) is 14.6 Å². The number of carboxylic acid groups (broad SMARTS) is 1. The third-order valence-corrected chi connectivity index (χ3v) is 10.9. The quantitative estimate of drug-likeness (QED) is 0.488. The number of carbonyl (C=O) groups is 2. The zero-order valence-electron chi connectivity index (χ0n) is 19.1. The van der Waals surface area contributed by atoms with Crippen LogP contribution in [-0.2, 0) is 19.1 Å². The van der Waals surface area contributed by atoms with Crippen LogP contribution >= 0.6 is 0 Å². The molecule has 0 bridgehead atoms. The molecule has 6 heteroatoms. The molecule has 5 rings (SSSR count). The second-order valence-corrected chi connectivity index (χ2v) is 11.9. The number of hydrogen-bond donors (Lipinski definition) is 2. The summed E-state index contributed by atoms with van der Waals surface area (Å²) in [6.07, 6.45) is 7.31. The number of ether oxygens (including phenoxy) is 2. The predicted molar refractivity (Wildman–Crippen MR) is 113 cm³/mol. The van der Waals surface area contributed by atoms with E-state index in [2.05, 4.69) is 20.8 Å². The summed E-state index contributed by atoms with van der Waals surface area (Å²) in [7, 11) is 0. The lowest BCUT2D eigenvalue weighted by Crippen LogP contribution is -2.63. The van der Waals surface area contributed by atoms with Crippen LogP contribution < -0.4 is 0 Å². The molecule has 11 atom stereocenters. The van der Waals surface area contributed by atoms with Gasteiger partial charge in [-0.25, -0.2) is 0 Å². The Morgan fingerprint density at radius 2 is 1.97 bits per heavy atom. The average Bonchev–Trinajstić information content (AvgIpc) is 3.36. The molecule has 4 aliphatic carbocycles. The van der Waals surface area contributed by atoms with Gasteiger partial charge in [-0.3, -0.25) is 9.59 Å². The summed E-state index contributed by atoms with van der Waals surface area (Å²) in [6.45, 7) is 7.65. The Labute approximate surface area is 185 Å². The minimum absolute atomic E-state index is 0.0264. The van der Waals surface area contributed by atoms with E-state index in [1.807, 2.05) is 0 Å². The molecule has 4 saturated carbocycles. The molecule has 31 heavy (non-hydrogen) atoms. The summed E-state index contributed by atoms with van der Waals surface area (Å²) < 4.78 is 12.0. The van der Waals surface area contributed by atoms with Crippen molar-refractivity contribution in [2.45, 2.75) is 102 Å². The van der Waals surface area contributed by atoms with Gasteiger partial charge in [0.1, 0.15) is 17.8 Å². The van der Waals surface area contributed by atoms with Crippen molar-refractivity contribution in [3.8, 4) is 0 Å². The molecular weight excluding hydrogens is 396 g/mol. The normalized spacial score (nSPS) is 53.4. The van der Waals surface area contributed by atoms with Crippen molar-refractivity contribution in [1.29, 1.82) is 0 Å². The summed E-state index contributed by atoms with van der Waals surface area (Å²) >= 11 is 0. The zero-order valence-corrected chi connectivity index (χ0v) is 19.1. The van der Waals surface area contributed by atoms with E-state index < -0.39 is 12.1 Å². The molecule has 0 unspecified atom stereocenters. The van der Waals surface area contributed by atoms with Crippen molar-refractivity contribution in [3.63, 3.8) is 0 Å². The number of hydrogen-bond acceptors (Lipinski definition) is 5. The second-order valence-electron chi connectivity index (χ2n) is 11.9. The van der Waals surface area contributed by atoms with Gasteiger partial charge >= 0.3 is 5.97 Å². The molecule has 0 aromatic heterocycles. The highest BCUT2D eigenvalue weighted by Crippen LogP contribution is 2.73. The molecule has 0 amide bonds. The molecular formula is C25H38O6. The Balaban J connectivity index is 1.44. The van der Waals surface area contributed by atoms with Crippen molar-refractivity contribution in [3.05, 3.63) is 0 Å². The van der Waals surface area contributed by atoms with Crippen LogP contribution in [-0.4, -0.2) is 46.6 Å². The third kappa shape index (κ3) is 2.89. The number of aliphatic hydroxyl groups is 1. The SMILES string of the molecule is C[C@H](CCC(=O)O)[C@H]1CC[C@H]2[C@@H]3[C@H](OC=O)C[C@]45O[C@H]4[C@@H](O)CC[C@]5(C)[C@H]3CC[C@]12C. The van der Waals surface area contributed by atoms with E-state index in [0.29, 0.717) is 42.5 Å². The fourth-order valence-electron chi connectivity index (χ4n) is 9.38. The highest BCUT2D eigenvalue weighted by molar-refractivity contribution is 5.66. The van der Waals surface area contributed by atoms with Gasteiger partial charge in [0, 0.05) is 24.2 Å². The molecule has 0 aromatic rings. The van der Waals surface area contributed by atoms with Gasteiger partial charge in [-0.05, 0) is 74.0 Å². The Morgan fingerprint density at radius 3 is 2.68 bits per heavy atom. The maximum Gasteiger partial charge on any atom is 0.303 e. The van der Waals surface area contributed by atoms with Gasteiger partial charge in [-0.15, -0.1) is 0 Å². The molecule has 0 radical (unpaired) electrons. The van der Waals surface area contributed by atoms with Crippen LogP contribution in [0.4, 0.5) is 0 Å². The van der Waals surface area contributed by atoms with Crippen LogP contribution in [0.25, 0.3) is 0 Å². The minimum Gasteiger partial charge on any atom is -0.481 e. The summed E-state index contributed by atoms with van der Waals surface area (Å²) in [4.78, 5) is 22.6. The highest BCUT2D eigenvalue weighted by Gasteiger charge is 2.78. The van der Waals surface area contributed by atoms with Crippen molar-refractivity contribution in [1.82, 2.24) is 0 Å². The first-order valence-electron chi connectivity index (χ1n) is 12.3. The second kappa shape index (κ2) is 7.18. The first kappa shape index (κ1) is 21.7. The highest BCUT2D eigenvalue weighted by atomic mass is 16.6. The van der Waals surface area contributed by atoms with E-state index in [1.54, 1.807) is 0 Å². The van der Waals surface area contributed by atoms with Crippen molar-refractivity contribution >= 4 is 12.4 Å². The monoisotopic (exact) mass is 434 g/mol. The largest absolute Gasteiger partial charge is 0.481 e. The summed E-state index contributed by atoms with van der Waals surface area (Å²) in [5.41, 5.74) is -0.138. The van der Waals surface area contributed by atoms with Crippen LogP contribution in [0.5, 0.6) is 0 Å². The Bertz CT molecular complexity index is 754. The summed E-state index contributed by atoms with van der Waals surface area (Å²) in [5.74, 6) is 1.47. The molecule has 174 valence electrons. The smallest absolute Gasteiger partial charge is 0.303 e. The fraction of sp³-hybridized carbons (Fsp3) is 0.920. The van der Waals surface area contributed by atoms with Crippen LogP contribution in [0.2, 0.25) is 0 Å². The molecule has 5 fully saturated rings. The van der Waals surface area contributed by atoms with Crippen molar-refractivity contribution in [2.24, 2.45) is 40.4 Å². The van der Waals surface area contributed by atoms with Gasteiger partial charge in [-0.2, -0.15) is 0 Å². The topological polar surface area (TPSA) is 96.4 Å². The first-order valence-corrected chi connectivity index (χ1v) is 12.3. The number of carbonyl (C=O) groups excluding carboxylic acids is 1. The number of aliphatic carboxylic acids is 1. The molecule has 1 saturated heterocycles. The van der Waals surface area contributed by atoms with E-state index in [-0.39, 0.29) is 35.1 Å². The maximum absolute atomic E-state index is 11.5. The van der Waals surface area contributed by atoms with E-state index in [9.17, 15) is 14.7 Å². The Kier molecular flexibility index (Phi) is 5.02. The number of carboxylic acids is 1. The van der Waals surface area contributed by atoms with Gasteiger partial charge in [0.25, 0.3) is 6.47 Å². The number of fused-ring (bicyclic) bond motifs is 4. The lowest BCUT2D eigenvalue weighted by Gasteiger charge is -2.61. The van der Waals surface area contributed by atoms with Crippen molar-refractivity contribution < 1.29 is 29.3 Å². The molecule has 1 heterocycles. The predicted octanol–water partition coefficient (Wildman–Crippen LogP) is 3.79. The molecule has 5 aliphatic rings. The third-order valence-electron chi connectivity index (χ3n) is 10.9. The number of rotatable bonds is 6. The van der Waals surface area contributed by atoms with Crippen LogP contribution in [0, 0.1) is 40.4 Å². The zero-order chi connectivity index (χ0) is 22.2. The van der Waals surface area contributed by atoms with Gasteiger partial charge in [0.15, 0.2) is 0 Å². The van der Waals surface area contributed by atoms with Gasteiger partial charge in [-0.1, -0.05) is 20.8 Å². The summed E-state index contributed by atoms with van der Waals surface area (Å²) in [5, 5.41) is 19.6. The van der Waals surface area contributed by atoms with E-state index in [1.165, 1.54) is 0 Å². The molecule has 6 nitrogen and oxygen atoms in total. The first-order chi connectivity index (χ1) is 14.7. The van der Waals surface area contributed by atoms with E-state index in [0.717, 1.165) is 44.9 Å². The van der Waals surface area contributed by atoms with Crippen LogP contribution in [0.1, 0.15) is 78.6 Å². The Hall–Kier alpha value is -1.14. The van der Waals surface area contributed by atoms with Gasteiger partial charge in [0.2, 0.25) is 0 Å². The standard InChI is InChI=1S/C25H38O6/c1-14(4-7-20(28)29)15-5-6-16-21-17(8-10-23(15,16)2)24(3)11-9-18(27)22-25(24,31-22)12-19(21)30-13-26/h13-19,21-22,27H,4-12H2,1-3H3,(H,28,29)/t14-,15-,16+,17+,18+,19-,21+,22+,23-,24-,25+/m1/s1. The van der Waals surface area contributed by atoms with Crippen LogP contribution in [0.15, 0.2) is 0 Å². The van der Waals surface area contributed by atoms with Gasteiger partial charge in [0.05, 0.1) is 6.10 Å².